The molecule has 1 N–H and O–H groups in total. The summed E-state index contributed by atoms with van der Waals surface area (Å²) < 4.78 is 0. The third-order valence-electron chi connectivity index (χ3n) is 2.87. The van der Waals surface area contributed by atoms with Crippen molar-refractivity contribution >= 4 is 0 Å². The fourth-order valence-electron chi connectivity index (χ4n) is 1.60. The SMILES string of the molecule is C=C(C)CCC(NCCC)C(C)CC. The summed E-state index contributed by atoms with van der Waals surface area (Å²) in [6, 6.07) is 0.677. The van der Waals surface area contributed by atoms with Crippen molar-refractivity contribution in [3.05, 3.63) is 12.2 Å². The molecule has 2 unspecified atom stereocenters. The van der Waals surface area contributed by atoms with E-state index in [1.54, 1.807) is 0 Å². The molecule has 0 heterocycles. The zero-order valence-electron chi connectivity index (χ0n) is 10.4. The number of allylic oxidation sites excluding steroid dienone is 1. The van der Waals surface area contributed by atoms with Crippen LogP contribution in [0.25, 0.3) is 0 Å². The van der Waals surface area contributed by atoms with E-state index in [0.29, 0.717) is 6.04 Å². The first-order valence-corrected chi connectivity index (χ1v) is 5.99. The van der Waals surface area contributed by atoms with Crippen molar-refractivity contribution in [2.75, 3.05) is 6.54 Å². The molecular weight excluding hydrogens is 170 g/mol. The maximum Gasteiger partial charge on any atom is 0.00956 e. The Morgan fingerprint density at radius 3 is 2.43 bits per heavy atom. The van der Waals surface area contributed by atoms with Crippen molar-refractivity contribution in [1.29, 1.82) is 0 Å². The topological polar surface area (TPSA) is 12.0 Å². The monoisotopic (exact) mass is 197 g/mol. The van der Waals surface area contributed by atoms with E-state index in [9.17, 15) is 0 Å². The Morgan fingerprint density at radius 1 is 1.36 bits per heavy atom. The molecule has 0 aromatic heterocycles. The van der Waals surface area contributed by atoms with Gasteiger partial charge in [0.15, 0.2) is 0 Å². The van der Waals surface area contributed by atoms with Gasteiger partial charge in [-0.05, 0) is 38.6 Å². The molecule has 0 amide bonds. The first-order valence-electron chi connectivity index (χ1n) is 5.99. The van der Waals surface area contributed by atoms with Crippen LogP contribution in [0.3, 0.4) is 0 Å². The quantitative estimate of drug-likeness (QED) is 0.584. The summed E-state index contributed by atoms with van der Waals surface area (Å²) in [6.07, 6.45) is 4.88. The largest absolute Gasteiger partial charge is 0.314 e. The maximum atomic E-state index is 3.96. The van der Waals surface area contributed by atoms with Gasteiger partial charge in [-0.1, -0.05) is 32.8 Å². The summed E-state index contributed by atoms with van der Waals surface area (Å²) in [6.45, 7) is 14.1. The van der Waals surface area contributed by atoms with Crippen molar-refractivity contribution in [3.63, 3.8) is 0 Å². The van der Waals surface area contributed by atoms with Gasteiger partial charge in [0, 0.05) is 6.04 Å². The van der Waals surface area contributed by atoms with Gasteiger partial charge in [-0.15, -0.1) is 6.58 Å². The van der Waals surface area contributed by atoms with Gasteiger partial charge in [0.05, 0.1) is 0 Å². The minimum Gasteiger partial charge on any atom is -0.314 e. The van der Waals surface area contributed by atoms with Crippen LogP contribution < -0.4 is 5.32 Å². The van der Waals surface area contributed by atoms with Crippen LogP contribution in [0.15, 0.2) is 12.2 Å². The molecule has 0 aromatic rings. The fourth-order valence-corrected chi connectivity index (χ4v) is 1.60. The third kappa shape index (κ3) is 6.20. The molecule has 0 saturated carbocycles. The van der Waals surface area contributed by atoms with Crippen LogP contribution in [0, 0.1) is 5.92 Å². The molecule has 0 aliphatic rings. The summed E-state index contributed by atoms with van der Waals surface area (Å²) in [4.78, 5) is 0. The summed E-state index contributed by atoms with van der Waals surface area (Å²) in [5.74, 6) is 0.779. The van der Waals surface area contributed by atoms with Crippen LogP contribution in [0.1, 0.15) is 53.4 Å². The van der Waals surface area contributed by atoms with E-state index in [-0.39, 0.29) is 0 Å². The molecule has 0 radical (unpaired) electrons. The van der Waals surface area contributed by atoms with Gasteiger partial charge in [0.25, 0.3) is 0 Å². The lowest BCUT2D eigenvalue weighted by Crippen LogP contribution is -2.35. The number of rotatable bonds is 8. The molecule has 2 atom stereocenters. The van der Waals surface area contributed by atoms with E-state index >= 15 is 0 Å². The lowest BCUT2D eigenvalue weighted by Gasteiger charge is -2.24. The van der Waals surface area contributed by atoms with Gasteiger partial charge in [-0.25, -0.2) is 0 Å². The van der Waals surface area contributed by atoms with Crippen LogP contribution in [-0.4, -0.2) is 12.6 Å². The molecule has 14 heavy (non-hydrogen) atoms. The van der Waals surface area contributed by atoms with Crippen LogP contribution in [0.4, 0.5) is 0 Å². The molecule has 0 fully saturated rings. The molecule has 0 saturated heterocycles. The Hall–Kier alpha value is -0.300. The van der Waals surface area contributed by atoms with Gasteiger partial charge in [0.1, 0.15) is 0 Å². The van der Waals surface area contributed by atoms with Gasteiger partial charge in [-0.3, -0.25) is 0 Å². The lowest BCUT2D eigenvalue weighted by atomic mass is 9.93. The molecular formula is C13H27N. The second-order valence-corrected chi connectivity index (χ2v) is 4.44. The highest BCUT2D eigenvalue weighted by Gasteiger charge is 2.13. The normalized spacial score (nSPS) is 15.1. The predicted octanol–water partition coefficient (Wildman–Crippen LogP) is 3.76. The molecule has 84 valence electrons. The standard InChI is InChI=1S/C13H27N/c1-6-10-14-13(12(5)7-2)9-8-11(3)4/h12-14H,3,6-10H2,1-2,4-5H3. The van der Waals surface area contributed by atoms with Gasteiger partial charge >= 0.3 is 0 Å². The molecule has 1 nitrogen and oxygen atoms in total. The van der Waals surface area contributed by atoms with Crippen molar-refractivity contribution in [1.82, 2.24) is 5.32 Å². The second kappa shape index (κ2) is 8.05. The van der Waals surface area contributed by atoms with Gasteiger partial charge < -0.3 is 5.32 Å². The third-order valence-corrected chi connectivity index (χ3v) is 2.87. The molecule has 0 aliphatic carbocycles. The molecule has 1 heteroatoms. The van der Waals surface area contributed by atoms with Crippen LogP contribution in [-0.2, 0) is 0 Å². The predicted molar refractivity (Wildman–Crippen MR) is 65.6 cm³/mol. The number of nitrogens with one attached hydrogen (secondary N) is 1. The van der Waals surface area contributed by atoms with E-state index in [1.807, 2.05) is 0 Å². The summed E-state index contributed by atoms with van der Waals surface area (Å²) in [7, 11) is 0. The maximum absolute atomic E-state index is 3.96. The molecule has 0 rings (SSSR count). The zero-order chi connectivity index (χ0) is 11.0. The highest BCUT2D eigenvalue weighted by Crippen LogP contribution is 2.15. The zero-order valence-corrected chi connectivity index (χ0v) is 10.4. The van der Waals surface area contributed by atoms with Crippen molar-refractivity contribution in [2.45, 2.75) is 59.4 Å². The van der Waals surface area contributed by atoms with E-state index in [2.05, 4.69) is 39.6 Å². The second-order valence-electron chi connectivity index (χ2n) is 4.44. The summed E-state index contributed by atoms with van der Waals surface area (Å²) >= 11 is 0. The van der Waals surface area contributed by atoms with Crippen molar-refractivity contribution in [3.8, 4) is 0 Å². The minimum absolute atomic E-state index is 0.677. The average Bonchev–Trinajstić information content (AvgIpc) is 2.16. The lowest BCUT2D eigenvalue weighted by molar-refractivity contribution is 0.348. The Bertz CT molecular complexity index is 151. The summed E-state index contributed by atoms with van der Waals surface area (Å²) in [5.41, 5.74) is 1.30. The highest BCUT2D eigenvalue weighted by molar-refractivity contribution is 4.90. The van der Waals surface area contributed by atoms with Crippen molar-refractivity contribution < 1.29 is 0 Å². The van der Waals surface area contributed by atoms with Crippen molar-refractivity contribution in [2.24, 2.45) is 5.92 Å². The minimum atomic E-state index is 0.677. The molecule has 0 aliphatic heterocycles. The average molecular weight is 197 g/mol. The number of hydrogen-bond acceptors (Lipinski definition) is 1. The van der Waals surface area contributed by atoms with E-state index < -0.39 is 0 Å². The fraction of sp³-hybridized carbons (Fsp3) is 0.846. The van der Waals surface area contributed by atoms with E-state index in [0.717, 1.165) is 18.9 Å². The number of hydrogen-bond donors (Lipinski definition) is 1. The van der Waals surface area contributed by atoms with E-state index in [1.165, 1.54) is 24.8 Å². The van der Waals surface area contributed by atoms with Crippen LogP contribution >= 0.6 is 0 Å². The Balaban J connectivity index is 3.89. The Labute approximate surface area is 90.0 Å². The Morgan fingerprint density at radius 2 is 2.00 bits per heavy atom. The van der Waals surface area contributed by atoms with Crippen LogP contribution in [0.2, 0.25) is 0 Å². The molecule has 0 spiro atoms. The first kappa shape index (κ1) is 13.7. The first-order chi connectivity index (χ1) is 6.61. The summed E-state index contributed by atoms with van der Waals surface area (Å²) in [5, 5.41) is 3.63. The van der Waals surface area contributed by atoms with Gasteiger partial charge in [0.2, 0.25) is 0 Å². The smallest absolute Gasteiger partial charge is 0.00956 e. The Kier molecular flexibility index (Phi) is 7.87. The molecule has 0 aromatic carbocycles. The molecule has 0 bridgehead atoms. The van der Waals surface area contributed by atoms with E-state index in [4.69, 9.17) is 0 Å². The van der Waals surface area contributed by atoms with Gasteiger partial charge in [-0.2, -0.15) is 0 Å². The highest BCUT2D eigenvalue weighted by atomic mass is 14.9. The van der Waals surface area contributed by atoms with Crippen LogP contribution in [0.5, 0.6) is 0 Å².